The Kier molecular flexibility index (Phi) is 7.90. The van der Waals surface area contributed by atoms with Gasteiger partial charge in [0.15, 0.2) is 12.6 Å². The average Bonchev–Trinajstić information content (AvgIpc) is 2.76. The quantitative estimate of drug-likeness (QED) is 0.556. The molecular formula is C23H31ClN4O3+2. The predicted octanol–water partition coefficient (Wildman–Crippen LogP) is -0.1000. The maximum atomic E-state index is 13.4. The highest BCUT2D eigenvalue weighted by Crippen LogP contribution is 2.27. The molecule has 1 fully saturated rings. The Morgan fingerprint density at radius 3 is 2.35 bits per heavy atom. The van der Waals surface area contributed by atoms with Crippen molar-refractivity contribution in [1.29, 1.82) is 0 Å². The number of nitrogens with zero attached hydrogens (tertiary/aromatic N) is 1. The van der Waals surface area contributed by atoms with Crippen molar-refractivity contribution in [2.75, 3.05) is 59.2 Å². The van der Waals surface area contributed by atoms with E-state index in [9.17, 15) is 9.59 Å². The van der Waals surface area contributed by atoms with Gasteiger partial charge in [0.2, 0.25) is 0 Å². The Labute approximate surface area is 188 Å². The first-order chi connectivity index (χ1) is 14.9. The molecule has 2 aromatic carbocycles. The summed E-state index contributed by atoms with van der Waals surface area (Å²) in [6, 6.07) is 14.7. The molecule has 31 heavy (non-hydrogen) atoms. The smallest absolute Gasteiger partial charge is 0.287 e. The average molecular weight is 447 g/mol. The zero-order valence-corrected chi connectivity index (χ0v) is 19.0. The number of quaternary nitrogens is 2. The Morgan fingerprint density at radius 2 is 1.77 bits per heavy atom. The van der Waals surface area contributed by atoms with Crippen molar-refractivity contribution in [3.05, 3.63) is 59.1 Å². The molecule has 0 saturated carbocycles. The van der Waals surface area contributed by atoms with Gasteiger partial charge in [-0.3, -0.25) is 9.59 Å². The number of carbonyl (C=O) groups excluding carboxylic acids is 2. The molecule has 0 radical (unpaired) electrons. The fraction of sp³-hybridized carbons (Fsp3) is 0.391. The van der Waals surface area contributed by atoms with Gasteiger partial charge in [0.1, 0.15) is 31.9 Å². The van der Waals surface area contributed by atoms with Crippen molar-refractivity contribution in [1.82, 2.24) is 4.90 Å². The highest BCUT2D eigenvalue weighted by atomic mass is 35.5. The molecule has 1 unspecified atom stereocenters. The van der Waals surface area contributed by atoms with E-state index in [1.165, 1.54) is 9.80 Å². The van der Waals surface area contributed by atoms with Crippen LogP contribution < -0.4 is 19.9 Å². The van der Waals surface area contributed by atoms with Gasteiger partial charge < -0.3 is 24.8 Å². The van der Waals surface area contributed by atoms with Crippen LogP contribution in [0.15, 0.2) is 48.5 Å². The topological polar surface area (TPSA) is 67.5 Å². The molecule has 2 aromatic rings. The fourth-order valence-electron chi connectivity index (χ4n) is 3.94. The number of nitrogens with one attached hydrogen (secondary N) is 3. The number of rotatable bonds is 7. The maximum Gasteiger partial charge on any atom is 0.287 e. The molecule has 3 rings (SSSR count). The molecule has 1 saturated heterocycles. The normalized spacial score (nSPS) is 19.4. The lowest BCUT2D eigenvalue weighted by atomic mass is 10.0. The van der Waals surface area contributed by atoms with Gasteiger partial charge in [-0.15, -0.1) is 0 Å². The third-order valence-corrected chi connectivity index (χ3v) is 6.02. The van der Waals surface area contributed by atoms with Crippen LogP contribution in [0.5, 0.6) is 5.75 Å². The second-order valence-corrected chi connectivity index (χ2v) is 8.46. The summed E-state index contributed by atoms with van der Waals surface area (Å²) in [6.07, 6.45) is 0. The van der Waals surface area contributed by atoms with Gasteiger partial charge >= 0.3 is 0 Å². The molecule has 2 amide bonds. The van der Waals surface area contributed by atoms with Crippen LogP contribution in [0.25, 0.3) is 0 Å². The zero-order valence-electron chi connectivity index (χ0n) is 18.3. The molecule has 0 aromatic heterocycles. The first kappa shape index (κ1) is 23.1. The van der Waals surface area contributed by atoms with E-state index in [-0.39, 0.29) is 17.9 Å². The second-order valence-electron chi connectivity index (χ2n) is 8.06. The summed E-state index contributed by atoms with van der Waals surface area (Å²) < 4.78 is 5.19. The lowest BCUT2D eigenvalue weighted by Crippen LogP contribution is -3.28. The summed E-state index contributed by atoms with van der Waals surface area (Å²) in [6.45, 7) is 3.81. The van der Waals surface area contributed by atoms with Crippen LogP contribution >= 0.6 is 11.6 Å². The molecule has 3 N–H and O–H groups in total. The van der Waals surface area contributed by atoms with Gasteiger partial charge in [-0.2, -0.15) is 0 Å². The fourth-order valence-corrected chi connectivity index (χ4v) is 4.20. The SMILES string of the molecule is COc1ccc(NC(=O)C(c2ccccc2)[NH+]2CC[NH+](CC(=O)N(C)C)CC2)cc1Cl. The van der Waals surface area contributed by atoms with Crippen LogP contribution in [0.3, 0.4) is 0 Å². The van der Waals surface area contributed by atoms with Crippen LogP contribution in [0.2, 0.25) is 5.02 Å². The number of likely N-dealkylation sites (N-methyl/N-ethyl adjacent to an activating group) is 1. The highest BCUT2D eigenvalue weighted by molar-refractivity contribution is 6.32. The summed E-state index contributed by atoms with van der Waals surface area (Å²) in [5.74, 6) is 0.624. The molecule has 1 heterocycles. The molecule has 1 aliphatic heterocycles. The number of amides is 2. The molecule has 1 atom stereocenters. The second kappa shape index (κ2) is 10.6. The number of halogens is 1. The van der Waals surface area contributed by atoms with E-state index >= 15 is 0 Å². The van der Waals surface area contributed by atoms with E-state index in [0.717, 1.165) is 31.7 Å². The number of hydrogen-bond donors (Lipinski definition) is 3. The van der Waals surface area contributed by atoms with Gasteiger partial charge in [0, 0.05) is 25.3 Å². The molecule has 0 spiro atoms. The number of benzene rings is 2. The van der Waals surface area contributed by atoms with E-state index < -0.39 is 0 Å². The molecule has 8 heteroatoms. The van der Waals surface area contributed by atoms with Gasteiger partial charge in [0.05, 0.1) is 12.1 Å². The minimum absolute atomic E-state index is 0.0738. The number of ether oxygens (including phenoxy) is 1. The molecule has 166 valence electrons. The third-order valence-electron chi connectivity index (χ3n) is 5.72. The zero-order chi connectivity index (χ0) is 22.4. The van der Waals surface area contributed by atoms with E-state index in [1.54, 1.807) is 44.3 Å². The van der Waals surface area contributed by atoms with Crippen LogP contribution in [0.4, 0.5) is 5.69 Å². The summed E-state index contributed by atoms with van der Waals surface area (Å²) in [4.78, 5) is 29.5. The molecular weight excluding hydrogens is 416 g/mol. The van der Waals surface area contributed by atoms with Gasteiger partial charge in [0.25, 0.3) is 11.8 Å². The number of methoxy groups -OCH3 is 1. The van der Waals surface area contributed by atoms with Gasteiger partial charge in [-0.05, 0) is 18.2 Å². The molecule has 0 bridgehead atoms. The first-order valence-electron chi connectivity index (χ1n) is 10.5. The highest BCUT2D eigenvalue weighted by Gasteiger charge is 2.36. The predicted molar refractivity (Wildman–Crippen MR) is 121 cm³/mol. The standard InChI is InChI=1S/C23H29ClN4O3/c1-26(2)21(29)16-27-11-13-28(14-12-27)22(17-7-5-4-6-8-17)23(30)25-18-9-10-20(31-3)19(24)15-18/h4-10,15,22H,11-14,16H2,1-3H3,(H,25,30)/p+2. The number of carbonyl (C=O) groups is 2. The van der Waals surface area contributed by atoms with Crippen molar-refractivity contribution in [3.8, 4) is 5.75 Å². The van der Waals surface area contributed by atoms with E-state index in [1.807, 2.05) is 30.3 Å². The summed E-state index contributed by atoms with van der Waals surface area (Å²) in [7, 11) is 5.12. The lowest BCUT2D eigenvalue weighted by Gasteiger charge is -2.34. The Hall–Kier alpha value is -2.61. The van der Waals surface area contributed by atoms with Crippen LogP contribution in [0, 0.1) is 0 Å². The van der Waals surface area contributed by atoms with Crippen molar-refractivity contribution in [3.63, 3.8) is 0 Å². The molecule has 7 nitrogen and oxygen atoms in total. The number of hydrogen-bond acceptors (Lipinski definition) is 3. The van der Waals surface area contributed by atoms with Crippen molar-refractivity contribution in [2.45, 2.75) is 6.04 Å². The number of piperazine rings is 1. The van der Waals surface area contributed by atoms with Crippen LogP contribution in [0.1, 0.15) is 11.6 Å². The minimum atomic E-state index is -0.340. The Balaban J connectivity index is 1.73. The van der Waals surface area contributed by atoms with Gasteiger partial charge in [-0.25, -0.2) is 0 Å². The summed E-state index contributed by atoms with van der Waals surface area (Å²) in [5, 5.41) is 3.47. The van der Waals surface area contributed by atoms with Crippen LogP contribution in [-0.2, 0) is 9.59 Å². The van der Waals surface area contributed by atoms with E-state index in [4.69, 9.17) is 16.3 Å². The Bertz CT molecular complexity index is 899. The first-order valence-corrected chi connectivity index (χ1v) is 10.8. The molecule has 0 aliphatic carbocycles. The lowest BCUT2D eigenvalue weighted by molar-refractivity contribution is -1.02. The van der Waals surface area contributed by atoms with Crippen molar-refractivity contribution >= 4 is 29.1 Å². The van der Waals surface area contributed by atoms with Crippen molar-refractivity contribution in [2.24, 2.45) is 0 Å². The number of anilines is 1. The summed E-state index contributed by atoms with van der Waals surface area (Å²) in [5.41, 5.74) is 1.61. The minimum Gasteiger partial charge on any atom is -0.495 e. The largest absolute Gasteiger partial charge is 0.495 e. The van der Waals surface area contributed by atoms with E-state index in [0.29, 0.717) is 23.0 Å². The third kappa shape index (κ3) is 5.97. The monoisotopic (exact) mass is 446 g/mol. The van der Waals surface area contributed by atoms with Crippen molar-refractivity contribution < 1.29 is 24.1 Å². The van der Waals surface area contributed by atoms with E-state index in [2.05, 4.69) is 5.32 Å². The molecule has 1 aliphatic rings. The summed E-state index contributed by atoms with van der Waals surface area (Å²) >= 11 is 6.22. The maximum absolute atomic E-state index is 13.4. The van der Waals surface area contributed by atoms with Crippen LogP contribution in [-0.4, -0.2) is 70.6 Å². The van der Waals surface area contributed by atoms with Gasteiger partial charge in [-0.1, -0.05) is 41.9 Å². The Morgan fingerprint density at radius 1 is 1.10 bits per heavy atom.